The zero-order valence-corrected chi connectivity index (χ0v) is 14.2. The number of benzene rings is 2. The van der Waals surface area contributed by atoms with Gasteiger partial charge in [-0.25, -0.2) is 0 Å². The van der Waals surface area contributed by atoms with Crippen molar-refractivity contribution in [2.45, 2.75) is 30.9 Å². The van der Waals surface area contributed by atoms with Crippen molar-refractivity contribution in [1.82, 2.24) is 15.5 Å². The minimum Gasteiger partial charge on any atom is -0.468 e. The van der Waals surface area contributed by atoms with Gasteiger partial charge in [-0.1, -0.05) is 36.4 Å². The molecular weight excluding hydrogens is 330 g/mol. The van der Waals surface area contributed by atoms with Crippen LogP contribution in [0.15, 0.2) is 59.0 Å². The first-order valence-corrected chi connectivity index (χ1v) is 8.62. The van der Waals surface area contributed by atoms with Crippen LogP contribution < -0.4 is 10.1 Å². The lowest BCUT2D eigenvalue weighted by molar-refractivity contribution is -0.136. The number of fused-ring (bicyclic) bond motifs is 4. The maximum absolute atomic E-state index is 12.9. The zero-order valence-electron chi connectivity index (χ0n) is 14.2. The van der Waals surface area contributed by atoms with Gasteiger partial charge in [-0.3, -0.25) is 4.79 Å². The molecule has 1 saturated heterocycles. The summed E-state index contributed by atoms with van der Waals surface area (Å²) in [5.41, 5.74) is 1.12. The summed E-state index contributed by atoms with van der Waals surface area (Å²) in [5.74, 6) is 0.800. The van der Waals surface area contributed by atoms with Gasteiger partial charge in [-0.05, 0) is 30.7 Å². The first kappa shape index (κ1) is 15.1. The Balaban J connectivity index is 1.58. The Morgan fingerprint density at radius 2 is 1.85 bits per heavy atom. The average Bonchev–Trinajstić information content (AvgIpc) is 3.11. The summed E-state index contributed by atoms with van der Waals surface area (Å²) in [6, 6.07) is 17.4. The number of hydrogen-bond acceptors (Lipinski definition) is 5. The number of nitrogens with one attached hydrogen (secondary N) is 1. The Labute approximate surface area is 150 Å². The van der Waals surface area contributed by atoms with Crippen LogP contribution in [0.1, 0.15) is 36.6 Å². The highest BCUT2D eigenvalue weighted by atomic mass is 16.5. The number of aromatic nitrogens is 2. The van der Waals surface area contributed by atoms with Crippen molar-refractivity contribution < 1.29 is 13.9 Å². The van der Waals surface area contributed by atoms with E-state index in [0.717, 1.165) is 16.9 Å². The van der Waals surface area contributed by atoms with Crippen molar-refractivity contribution in [3.8, 4) is 17.2 Å². The van der Waals surface area contributed by atoms with Crippen LogP contribution in [0.2, 0.25) is 0 Å². The molecule has 0 unspecified atom stereocenters. The van der Waals surface area contributed by atoms with Crippen LogP contribution in [0.25, 0.3) is 11.5 Å². The molecule has 5 rings (SSSR count). The van der Waals surface area contributed by atoms with Crippen LogP contribution in [0.3, 0.4) is 0 Å². The molecule has 3 aromatic rings. The topological polar surface area (TPSA) is 77.2 Å². The summed E-state index contributed by atoms with van der Waals surface area (Å²) in [5, 5.41) is 11.3. The van der Waals surface area contributed by atoms with Gasteiger partial charge in [-0.15, -0.1) is 10.2 Å². The summed E-state index contributed by atoms with van der Waals surface area (Å²) in [4.78, 5) is 12.9. The first-order chi connectivity index (χ1) is 12.6. The molecule has 0 aliphatic carbocycles. The van der Waals surface area contributed by atoms with Crippen LogP contribution in [0, 0.1) is 0 Å². The average molecular weight is 347 g/mol. The summed E-state index contributed by atoms with van der Waals surface area (Å²) in [6.07, 6.45) is 0.656. The fraction of sp³-hybridized carbons (Fsp3) is 0.250. The van der Waals surface area contributed by atoms with Gasteiger partial charge < -0.3 is 14.5 Å². The number of rotatable bonds is 2. The summed E-state index contributed by atoms with van der Waals surface area (Å²) in [7, 11) is 0. The maximum Gasteiger partial charge on any atom is 0.247 e. The number of para-hydroxylation sites is 1. The Morgan fingerprint density at radius 3 is 2.69 bits per heavy atom. The third kappa shape index (κ3) is 2.29. The van der Waals surface area contributed by atoms with E-state index in [0.29, 0.717) is 18.2 Å². The highest BCUT2D eigenvalue weighted by Crippen LogP contribution is 2.49. The number of amides is 1. The fourth-order valence-electron chi connectivity index (χ4n) is 3.93. The fourth-order valence-corrected chi connectivity index (χ4v) is 3.93. The van der Waals surface area contributed by atoms with E-state index in [1.54, 1.807) is 0 Å². The Hall–Kier alpha value is -3.15. The molecule has 0 spiro atoms. The first-order valence-electron chi connectivity index (χ1n) is 8.62. The van der Waals surface area contributed by atoms with E-state index in [4.69, 9.17) is 9.15 Å². The number of ether oxygens (including phenoxy) is 1. The molecule has 2 bridgehead atoms. The van der Waals surface area contributed by atoms with Crippen LogP contribution in [0.4, 0.5) is 0 Å². The molecule has 2 aliphatic heterocycles. The zero-order chi connectivity index (χ0) is 17.7. The van der Waals surface area contributed by atoms with E-state index < -0.39 is 11.6 Å². The number of piperidine rings is 1. The van der Waals surface area contributed by atoms with Gasteiger partial charge >= 0.3 is 0 Å². The maximum atomic E-state index is 12.9. The molecule has 1 N–H and O–H groups in total. The summed E-state index contributed by atoms with van der Waals surface area (Å²) >= 11 is 0. The Morgan fingerprint density at radius 1 is 1.08 bits per heavy atom. The number of nitrogens with zero attached hydrogens (tertiary/aromatic N) is 2. The minimum atomic E-state index is -0.713. The molecule has 1 aromatic heterocycles. The number of carbonyl (C=O) groups is 1. The standard InChI is InChI=1S/C20H17N3O3/c1-20-11-14(13-9-5-6-10-15(13)26-20)16(17(24)21-20)19-23-22-18(25-19)12-7-3-2-4-8-12/h2-10,14,16H,11H2,1H3,(H,21,24)/t14-,16-,20-/m0/s1. The highest BCUT2D eigenvalue weighted by molar-refractivity contribution is 5.86. The third-order valence-corrected chi connectivity index (χ3v) is 5.06. The highest BCUT2D eigenvalue weighted by Gasteiger charge is 2.51. The predicted molar refractivity (Wildman–Crippen MR) is 93.5 cm³/mol. The van der Waals surface area contributed by atoms with E-state index >= 15 is 0 Å². The summed E-state index contributed by atoms with van der Waals surface area (Å²) < 4.78 is 11.9. The molecule has 26 heavy (non-hydrogen) atoms. The van der Waals surface area contributed by atoms with Crippen molar-refractivity contribution in [3.05, 3.63) is 66.1 Å². The van der Waals surface area contributed by atoms with Crippen molar-refractivity contribution >= 4 is 5.91 Å². The van der Waals surface area contributed by atoms with Crippen molar-refractivity contribution in [2.75, 3.05) is 0 Å². The van der Waals surface area contributed by atoms with Gasteiger partial charge in [0, 0.05) is 17.9 Å². The molecule has 130 valence electrons. The van der Waals surface area contributed by atoms with E-state index in [1.807, 2.05) is 61.5 Å². The van der Waals surface area contributed by atoms with Crippen molar-refractivity contribution in [2.24, 2.45) is 0 Å². The largest absolute Gasteiger partial charge is 0.468 e. The quantitative estimate of drug-likeness (QED) is 0.770. The van der Waals surface area contributed by atoms with Gasteiger partial charge in [0.1, 0.15) is 11.7 Å². The molecule has 3 heterocycles. The molecule has 1 fully saturated rings. The van der Waals surface area contributed by atoms with Crippen LogP contribution in [-0.4, -0.2) is 21.8 Å². The SMILES string of the molecule is C[C@@]12C[C@@H](c3ccccc3O1)[C@H](c1nnc(-c3ccccc3)o1)C(=O)N2. The van der Waals surface area contributed by atoms with E-state index in [-0.39, 0.29) is 11.8 Å². The van der Waals surface area contributed by atoms with Gasteiger partial charge in [0.25, 0.3) is 0 Å². The molecule has 2 aromatic carbocycles. The molecule has 6 heteroatoms. The Kier molecular flexibility index (Phi) is 3.16. The van der Waals surface area contributed by atoms with E-state index in [2.05, 4.69) is 15.5 Å². The minimum absolute atomic E-state index is 0.0669. The lowest BCUT2D eigenvalue weighted by Crippen LogP contribution is -2.59. The molecule has 6 nitrogen and oxygen atoms in total. The number of hydrogen-bond donors (Lipinski definition) is 1. The second kappa shape index (κ2) is 5.42. The lowest BCUT2D eigenvalue weighted by Gasteiger charge is -2.46. The molecular formula is C20H17N3O3. The molecule has 1 amide bonds. The smallest absolute Gasteiger partial charge is 0.247 e. The van der Waals surface area contributed by atoms with Gasteiger partial charge in [0.05, 0.1) is 0 Å². The van der Waals surface area contributed by atoms with Gasteiger partial charge in [0.2, 0.25) is 17.7 Å². The number of carbonyl (C=O) groups excluding carboxylic acids is 1. The molecule has 0 radical (unpaired) electrons. The normalized spacial score (nSPS) is 26.6. The second-order valence-corrected chi connectivity index (χ2v) is 6.96. The summed E-state index contributed by atoms with van der Waals surface area (Å²) in [6.45, 7) is 1.90. The third-order valence-electron chi connectivity index (χ3n) is 5.06. The van der Waals surface area contributed by atoms with Crippen LogP contribution in [0.5, 0.6) is 5.75 Å². The lowest BCUT2D eigenvalue weighted by atomic mass is 9.75. The molecule has 2 aliphatic rings. The van der Waals surface area contributed by atoms with Crippen molar-refractivity contribution in [3.63, 3.8) is 0 Å². The van der Waals surface area contributed by atoms with Gasteiger partial charge in [-0.2, -0.15) is 0 Å². The monoisotopic (exact) mass is 347 g/mol. The predicted octanol–water partition coefficient (Wildman–Crippen LogP) is 3.23. The molecule has 3 atom stereocenters. The van der Waals surface area contributed by atoms with Crippen LogP contribution in [-0.2, 0) is 4.79 Å². The van der Waals surface area contributed by atoms with Crippen LogP contribution >= 0.6 is 0 Å². The van der Waals surface area contributed by atoms with Crippen molar-refractivity contribution in [1.29, 1.82) is 0 Å². The van der Waals surface area contributed by atoms with Gasteiger partial charge in [0.15, 0.2) is 5.72 Å². The Bertz CT molecular complexity index is 985. The molecule has 0 saturated carbocycles. The second-order valence-electron chi connectivity index (χ2n) is 6.96. The van der Waals surface area contributed by atoms with E-state index in [1.165, 1.54) is 0 Å². The van der Waals surface area contributed by atoms with E-state index in [9.17, 15) is 4.79 Å².